The molecule has 1 aromatic rings. The van der Waals surface area contributed by atoms with Gasteiger partial charge in [0.1, 0.15) is 17.7 Å². The van der Waals surface area contributed by atoms with Gasteiger partial charge in [-0.1, -0.05) is 83.2 Å². The molecule has 0 fully saturated rings. The lowest BCUT2D eigenvalue weighted by Gasteiger charge is -2.35. The van der Waals surface area contributed by atoms with Crippen LogP contribution in [0.15, 0.2) is 24.3 Å². The maximum Gasteiger partial charge on any atom is 0.408 e. The Morgan fingerprint density at radius 2 is 1.54 bits per heavy atom. The minimum Gasteiger partial charge on any atom is -0.444 e. The molecule has 2 N–H and O–H groups in total. The lowest BCUT2D eigenvalue weighted by molar-refractivity contribution is -0.143. The molecule has 210 valence electrons. The van der Waals surface area contributed by atoms with E-state index < -0.39 is 23.8 Å². The summed E-state index contributed by atoms with van der Waals surface area (Å²) in [6.45, 7) is 16.6. The molecule has 0 aliphatic rings. The number of alkyl carbamates (subject to hydrolysis) is 1. The third-order valence-electron chi connectivity index (χ3n) is 6.01. The van der Waals surface area contributed by atoms with E-state index in [0.717, 1.165) is 49.7 Å². The fourth-order valence-electron chi connectivity index (χ4n) is 4.15. The summed E-state index contributed by atoms with van der Waals surface area (Å²) in [5, 5.41) is 5.87. The molecular weight excluding hydrogens is 466 g/mol. The predicted molar refractivity (Wildman–Crippen MR) is 150 cm³/mol. The first-order valence-electron chi connectivity index (χ1n) is 14.0. The van der Waals surface area contributed by atoms with Gasteiger partial charge in [-0.25, -0.2) is 4.79 Å². The molecule has 0 saturated heterocycles. The SMILES string of the molecule is CCCCCNC(=O)C(c1ccc(C)cc1)N(CCCCC)C(=O)C(CC(C)C)NC(=O)OC(C)(C)C. The molecule has 0 aromatic heterocycles. The summed E-state index contributed by atoms with van der Waals surface area (Å²) in [5.74, 6) is -0.294. The average molecular weight is 518 g/mol. The second-order valence-electron chi connectivity index (χ2n) is 11.4. The Morgan fingerprint density at radius 3 is 2.08 bits per heavy atom. The average Bonchev–Trinajstić information content (AvgIpc) is 2.80. The standard InChI is InChI=1S/C30H51N3O4/c1-9-11-13-19-31-27(34)26(24-17-15-23(5)16-18-24)33(20-14-12-10-2)28(35)25(21-22(3)4)32-29(36)37-30(6,7)8/h15-18,22,25-26H,9-14,19-21H2,1-8H3,(H,31,34)(H,32,36). The summed E-state index contributed by atoms with van der Waals surface area (Å²) < 4.78 is 5.46. The van der Waals surface area contributed by atoms with Crippen LogP contribution in [0.25, 0.3) is 0 Å². The van der Waals surface area contributed by atoms with E-state index in [0.29, 0.717) is 19.5 Å². The van der Waals surface area contributed by atoms with Crippen LogP contribution in [-0.2, 0) is 14.3 Å². The van der Waals surface area contributed by atoms with E-state index in [1.54, 1.807) is 25.7 Å². The van der Waals surface area contributed by atoms with Crippen LogP contribution < -0.4 is 10.6 Å². The van der Waals surface area contributed by atoms with Gasteiger partial charge in [0.25, 0.3) is 0 Å². The molecule has 0 aliphatic heterocycles. The van der Waals surface area contributed by atoms with E-state index in [1.807, 2.05) is 45.0 Å². The van der Waals surface area contributed by atoms with Gasteiger partial charge in [0.15, 0.2) is 0 Å². The quantitative estimate of drug-likeness (QED) is 0.267. The number of benzene rings is 1. The van der Waals surface area contributed by atoms with E-state index >= 15 is 0 Å². The normalized spacial score (nSPS) is 13.1. The molecular formula is C30H51N3O4. The number of carbonyl (C=O) groups excluding carboxylic acids is 3. The van der Waals surface area contributed by atoms with Gasteiger partial charge < -0.3 is 20.3 Å². The lowest BCUT2D eigenvalue weighted by Crippen LogP contribution is -2.53. The van der Waals surface area contributed by atoms with Gasteiger partial charge in [0.05, 0.1) is 0 Å². The van der Waals surface area contributed by atoms with Crippen molar-refractivity contribution in [3.63, 3.8) is 0 Å². The number of amides is 3. The Balaban J connectivity index is 3.39. The van der Waals surface area contributed by atoms with Crippen LogP contribution in [0.5, 0.6) is 0 Å². The van der Waals surface area contributed by atoms with E-state index in [-0.39, 0.29) is 17.7 Å². The molecule has 37 heavy (non-hydrogen) atoms. The number of unbranched alkanes of at least 4 members (excludes halogenated alkanes) is 4. The van der Waals surface area contributed by atoms with Gasteiger partial charge in [0.2, 0.25) is 11.8 Å². The van der Waals surface area contributed by atoms with Crippen LogP contribution >= 0.6 is 0 Å². The Bertz CT molecular complexity index is 830. The number of ether oxygens (including phenoxy) is 1. The second-order valence-corrected chi connectivity index (χ2v) is 11.4. The number of nitrogens with one attached hydrogen (secondary N) is 2. The van der Waals surface area contributed by atoms with Crippen LogP contribution in [0.2, 0.25) is 0 Å². The molecule has 1 rings (SSSR count). The second kappa shape index (κ2) is 16.3. The van der Waals surface area contributed by atoms with Gasteiger partial charge in [0, 0.05) is 13.1 Å². The molecule has 2 atom stereocenters. The first-order chi connectivity index (χ1) is 17.4. The number of nitrogens with zero attached hydrogens (tertiary/aromatic N) is 1. The Kier molecular flexibility index (Phi) is 14.3. The van der Waals surface area contributed by atoms with Crippen molar-refractivity contribution in [2.24, 2.45) is 5.92 Å². The number of hydrogen-bond donors (Lipinski definition) is 2. The molecule has 0 heterocycles. The van der Waals surface area contributed by atoms with Crippen molar-refractivity contribution >= 4 is 17.9 Å². The zero-order chi connectivity index (χ0) is 28.0. The van der Waals surface area contributed by atoms with Gasteiger partial charge in [-0.3, -0.25) is 9.59 Å². The largest absolute Gasteiger partial charge is 0.444 e. The maximum atomic E-state index is 14.1. The molecule has 0 radical (unpaired) electrons. The van der Waals surface area contributed by atoms with Gasteiger partial charge in [-0.15, -0.1) is 0 Å². The zero-order valence-electron chi connectivity index (χ0n) is 24.5. The van der Waals surface area contributed by atoms with Crippen LogP contribution in [0.3, 0.4) is 0 Å². The molecule has 2 unspecified atom stereocenters. The van der Waals surface area contributed by atoms with Crippen molar-refractivity contribution in [2.45, 2.75) is 118 Å². The smallest absolute Gasteiger partial charge is 0.408 e. The number of aryl methyl sites for hydroxylation is 1. The fraction of sp³-hybridized carbons (Fsp3) is 0.700. The van der Waals surface area contributed by atoms with Crippen molar-refractivity contribution in [1.29, 1.82) is 0 Å². The van der Waals surface area contributed by atoms with Crippen molar-refractivity contribution in [2.75, 3.05) is 13.1 Å². The highest BCUT2D eigenvalue weighted by atomic mass is 16.6. The summed E-state index contributed by atoms with van der Waals surface area (Å²) in [6.07, 6.45) is 5.51. The Labute approximate surface area is 225 Å². The first kappa shape index (κ1) is 32.5. The molecule has 0 aliphatic carbocycles. The Hall–Kier alpha value is -2.57. The minimum atomic E-state index is -0.794. The highest BCUT2D eigenvalue weighted by molar-refractivity contribution is 5.92. The fourth-order valence-corrected chi connectivity index (χ4v) is 4.15. The Morgan fingerprint density at radius 1 is 0.946 bits per heavy atom. The first-order valence-corrected chi connectivity index (χ1v) is 14.0. The van der Waals surface area contributed by atoms with Crippen LogP contribution in [-0.4, -0.2) is 47.5 Å². The number of rotatable bonds is 15. The molecule has 7 nitrogen and oxygen atoms in total. The van der Waals surface area contributed by atoms with Crippen molar-refractivity contribution < 1.29 is 19.1 Å². The van der Waals surface area contributed by atoms with Crippen molar-refractivity contribution in [1.82, 2.24) is 15.5 Å². The summed E-state index contributed by atoms with van der Waals surface area (Å²) in [7, 11) is 0. The number of carbonyl (C=O) groups is 3. The predicted octanol–water partition coefficient (Wildman–Crippen LogP) is 6.30. The van der Waals surface area contributed by atoms with Crippen molar-refractivity contribution in [3.8, 4) is 0 Å². The highest BCUT2D eigenvalue weighted by Crippen LogP contribution is 2.25. The molecule has 1 aromatic carbocycles. The van der Waals surface area contributed by atoms with Gasteiger partial charge in [-0.05, 0) is 58.4 Å². The lowest BCUT2D eigenvalue weighted by atomic mass is 9.98. The third-order valence-corrected chi connectivity index (χ3v) is 6.01. The van der Waals surface area contributed by atoms with E-state index in [9.17, 15) is 14.4 Å². The topological polar surface area (TPSA) is 87.7 Å². The third kappa shape index (κ3) is 12.5. The van der Waals surface area contributed by atoms with E-state index in [2.05, 4.69) is 24.5 Å². The highest BCUT2D eigenvalue weighted by Gasteiger charge is 2.36. The monoisotopic (exact) mass is 517 g/mol. The summed E-state index contributed by atoms with van der Waals surface area (Å²) >= 11 is 0. The van der Waals surface area contributed by atoms with Crippen LogP contribution in [0, 0.1) is 12.8 Å². The van der Waals surface area contributed by atoms with Crippen molar-refractivity contribution in [3.05, 3.63) is 35.4 Å². The number of hydrogen-bond acceptors (Lipinski definition) is 4. The van der Waals surface area contributed by atoms with E-state index in [4.69, 9.17) is 4.74 Å². The van der Waals surface area contributed by atoms with E-state index in [1.165, 1.54) is 0 Å². The molecule has 0 bridgehead atoms. The van der Waals surface area contributed by atoms with Crippen LogP contribution in [0.4, 0.5) is 4.79 Å². The molecule has 7 heteroatoms. The van der Waals surface area contributed by atoms with Gasteiger partial charge >= 0.3 is 6.09 Å². The zero-order valence-corrected chi connectivity index (χ0v) is 24.5. The summed E-state index contributed by atoms with van der Waals surface area (Å²) in [4.78, 5) is 42.1. The molecule has 0 spiro atoms. The maximum absolute atomic E-state index is 14.1. The van der Waals surface area contributed by atoms with Crippen LogP contribution in [0.1, 0.15) is 111 Å². The summed E-state index contributed by atoms with van der Waals surface area (Å²) in [6, 6.07) is 6.20. The van der Waals surface area contributed by atoms with Gasteiger partial charge in [-0.2, -0.15) is 0 Å². The summed E-state index contributed by atoms with van der Waals surface area (Å²) in [5.41, 5.74) is 1.17. The molecule has 0 saturated carbocycles. The molecule has 3 amide bonds. The minimum absolute atomic E-state index is 0.155.